The molecule has 25 heavy (non-hydrogen) atoms. The van der Waals surface area contributed by atoms with Gasteiger partial charge in [0.05, 0.1) is 9.82 Å². The monoisotopic (exact) mass is 370 g/mol. The lowest BCUT2D eigenvalue weighted by atomic mass is 10.0. The summed E-state index contributed by atoms with van der Waals surface area (Å²) >= 11 is 0. The smallest absolute Gasteiger partial charge is 0.269 e. The number of non-ortho nitro benzene ring substituents is 1. The maximum Gasteiger partial charge on any atom is 0.269 e. The zero-order chi connectivity index (χ0) is 18.4. The maximum atomic E-state index is 12.9. The van der Waals surface area contributed by atoms with Crippen molar-refractivity contribution in [2.75, 3.05) is 19.6 Å². The summed E-state index contributed by atoms with van der Waals surface area (Å²) in [5.41, 5.74) is 5.21. The molecule has 10 heteroatoms. The number of nitro groups is 1. The maximum absolute atomic E-state index is 12.9. The first-order chi connectivity index (χ1) is 11.9. The molecule has 1 saturated heterocycles. The molecule has 0 bridgehead atoms. The van der Waals surface area contributed by atoms with Gasteiger partial charge in [-0.05, 0) is 37.9 Å². The van der Waals surface area contributed by atoms with Crippen LogP contribution in [0.25, 0.3) is 0 Å². The average Bonchev–Trinajstić information content (AvgIpc) is 2.62. The zero-order valence-electron chi connectivity index (χ0n) is 13.8. The van der Waals surface area contributed by atoms with Crippen LogP contribution in [-0.4, -0.2) is 49.2 Å². The minimum absolute atomic E-state index is 0.0558. The van der Waals surface area contributed by atoms with Crippen LogP contribution in [0.4, 0.5) is 5.69 Å². The van der Waals surface area contributed by atoms with Crippen LogP contribution in [0.15, 0.2) is 29.2 Å². The van der Waals surface area contributed by atoms with Gasteiger partial charge in [-0.25, -0.2) is 8.42 Å². The Morgan fingerprint density at radius 1 is 1.32 bits per heavy atom. The van der Waals surface area contributed by atoms with Gasteiger partial charge in [0.2, 0.25) is 15.9 Å². The zero-order valence-corrected chi connectivity index (χ0v) is 14.6. The summed E-state index contributed by atoms with van der Waals surface area (Å²) in [4.78, 5) is 22.4. The third-order valence-corrected chi connectivity index (χ3v) is 6.01. The topological polar surface area (TPSA) is 136 Å². The standard InChI is InChI=1S/C15H22N4O5S/c16-9-3-10-17-15(20)14-4-1-2-11-18(14)25(23,24)13-7-5-12(6-8-13)19(21)22/h5-8,14H,1-4,9-11,16H2,(H,17,20). The summed E-state index contributed by atoms with van der Waals surface area (Å²) < 4.78 is 26.9. The molecule has 0 spiro atoms. The number of hydrogen-bond acceptors (Lipinski definition) is 6. The Labute approximate surface area is 146 Å². The number of carbonyl (C=O) groups excluding carboxylic acids is 1. The number of rotatable bonds is 7. The molecule has 2 rings (SSSR count). The van der Waals surface area contributed by atoms with Crippen molar-refractivity contribution in [3.05, 3.63) is 34.4 Å². The van der Waals surface area contributed by atoms with Crippen LogP contribution in [0.5, 0.6) is 0 Å². The highest BCUT2D eigenvalue weighted by atomic mass is 32.2. The molecule has 0 aliphatic carbocycles. The Morgan fingerprint density at radius 3 is 2.60 bits per heavy atom. The summed E-state index contributed by atoms with van der Waals surface area (Å²) in [5, 5.41) is 13.4. The normalized spacial score (nSPS) is 18.7. The second kappa shape index (κ2) is 8.37. The number of carbonyl (C=O) groups is 1. The van der Waals surface area contributed by atoms with Crippen molar-refractivity contribution in [2.24, 2.45) is 5.73 Å². The van der Waals surface area contributed by atoms with Crippen molar-refractivity contribution in [3.8, 4) is 0 Å². The van der Waals surface area contributed by atoms with Gasteiger partial charge in [-0.2, -0.15) is 4.31 Å². The molecule has 3 N–H and O–H groups in total. The molecule has 1 aliphatic rings. The van der Waals surface area contributed by atoms with Gasteiger partial charge in [0.25, 0.3) is 5.69 Å². The van der Waals surface area contributed by atoms with Gasteiger partial charge in [-0.15, -0.1) is 0 Å². The summed E-state index contributed by atoms with van der Waals surface area (Å²) in [6, 6.07) is 3.92. The van der Waals surface area contributed by atoms with Crippen molar-refractivity contribution in [3.63, 3.8) is 0 Å². The summed E-state index contributed by atoms with van der Waals surface area (Å²) in [6.45, 7) is 1.08. The quantitative estimate of drug-likeness (QED) is 0.410. The molecular weight excluding hydrogens is 348 g/mol. The van der Waals surface area contributed by atoms with Crippen LogP contribution in [-0.2, 0) is 14.8 Å². The Bertz CT molecular complexity index is 720. The number of nitrogens with two attached hydrogens (primary N) is 1. The lowest BCUT2D eigenvalue weighted by molar-refractivity contribution is -0.384. The average molecular weight is 370 g/mol. The fraction of sp³-hybridized carbons (Fsp3) is 0.533. The van der Waals surface area contributed by atoms with Crippen molar-refractivity contribution in [2.45, 2.75) is 36.6 Å². The molecule has 9 nitrogen and oxygen atoms in total. The molecule has 1 atom stereocenters. The van der Waals surface area contributed by atoms with E-state index in [0.29, 0.717) is 32.4 Å². The highest BCUT2D eigenvalue weighted by molar-refractivity contribution is 7.89. The number of sulfonamides is 1. The fourth-order valence-electron chi connectivity index (χ4n) is 2.76. The molecule has 1 heterocycles. The second-order valence-corrected chi connectivity index (χ2v) is 7.70. The molecule has 1 aromatic carbocycles. The SMILES string of the molecule is NCCCNC(=O)C1CCCCN1S(=O)(=O)c1ccc([N+](=O)[O-])cc1. The van der Waals surface area contributed by atoms with E-state index in [1.807, 2.05) is 0 Å². The Balaban J connectivity index is 2.22. The molecule has 1 aliphatic heterocycles. The van der Waals surface area contributed by atoms with E-state index in [2.05, 4.69) is 5.32 Å². The molecule has 1 unspecified atom stereocenters. The first-order valence-corrected chi connectivity index (χ1v) is 9.56. The van der Waals surface area contributed by atoms with Gasteiger partial charge in [-0.1, -0.05) is 6.42 Å². The first-order valence-electron chi connectivity index (χ1n) is 8.12. The molecular formula is C15H22N4O5S. The number of nitrogens with zero attached hydrogens (tertiary/aromatic N) is 2. The number of hydrogen-bond donors (Lipinski definition) is 2. The number of piperidine rings is 1. The van der Waals surface area contributed by atoms with E-state index < -0.39 is 21.0 Å². The van der Waals surface area contributed by atoms with Crippen LogP contribution in [0.1, 0.15) is 25.7 Å². The lowest BCUT2D eigenvalue weighted by Gasteiger charge is -2.33. The summed E-state index contributed by atoms with van der Waals surface area (Å²) in [7, 11) is -3.90. The van der Waals surface area contributed by atoms with E-state index in [4.69, 9.17) is 5.73 Å². The number of nitrogens with one attached hydrogen (secondary N) is 1. The largest absolute Gasteiger partial charge is 0.355 e. The van der Waals surface area contributed by atoms with Crippen molar-refractivity contribution in [1.29, 1.82) is 0 Å². The molecule has 0 saturated carbocycles. The van der Waals surface area contributed by atoms with Gasteiger partial charge in [-0.3, -0.25) is 14.9 Å². The Hall–Kier alpha value is -2.04. The molecule has 0 aromatic heterocycles. The predicted octanol–water partition coefficient (Wildman–Crippen LogP) is 0.603. The van der Waals surface area contributed by atoms with E-state index in [1.54, 1.807) is 0 Å². The third kappa shape index (κ3) is 4.53. The van der Waals surface area contributed by atoms with Crippen molar-refractivity contribution < 1.29 is 18.1 Å². The predicted molar refractivity (Wildman–Crippen MR) is 91.3 cm³/mol. The van der Waals surface area contributed by atoms with Gasteiger partial charge in [0.1, 0.15) is 6.04 Å². The van der Waals surface area contributed by atoms with Crippen LogP contribution in [0.3, 0.4) is 0 Å². The minimum atomic E-state index is -3.90. The second-order valence-electron chi connectivity index (χ2n) is 5.81. The molecule has 1 amide bonds. The van der Waals surface area contributed by atoms with Gasteiger partial charge in [0, 0.05) is 25.2 Å². The Morgan fingerprint density at radius 2 is 2.00 bits per heavy atom. The fourth-order valence-corrected chi connectivity index (χ4v) is 4.42. The molecule has 1 fully saturated rings. The molecule has 1 aromatic rings. The minimum Gasteiger partial charge on any atom is -0.355 e. The molecule has 0 radical (unpaired) electrons. The first kappa shape index (κ1) is 19.3. The number of amides is 1. The van der Waals surface area contributed by atoms with E-state index in [9.17, 15) is 23.3 Å². The van der Waals surface area contributed by atoms with E-state index in [1.165, 1.54) is 16.4 Å². The van der Waals surface area contributed by atoms with Crippen molar-refractivity contribution in [1.82, 2.24) is 9.62 Å². The van der Waals surface area contributed by atoms with Crippen LogP contribution < -0.4 is 11.1 Å². The van der Waals surface area contributed by atoms with Gasteiger partial charge in [0.15, 0.2) is 0 Å². The lowest BCUT2D eigenvalue weighted by Crippen LogP contribution is -2.52. The highest BCUT2D eigenvalue weighted by Crippen LogP contribution is 2.26. The summed E-state index contributed by atoms with van der Waals surface area (Å²) in [6.07, 6.45) is 2.49. The highest BCUT2D eigenvalue weighted by Gasteiger charge is 2.37. The van der Waals surface area contributed by atoms with E-state index >= 15 is 0 Å². The van der Waals surface area contributed by atoms with Crippen LogP contribution in [0.2, 0.25) is 0 Å². The van der Waals surface area contributed by atoms with Crippen LogP contribution >= 0.6 is 0 Å². The van der Waals surface area contributed by atoms with Gasteiger partial charge < -0.3 is 11.1 Å². The van der Waals surface area contributed by atoms with E-state index in [-0.39, 0.29) is 23.0 Å². The summed E-state index contributed by atoms with van der Waals surface area (Å²) in [5.74, 6) is -0.335. The number of benzene rings is 1. The van der Waals surface area contributed by atoms with E-state index in [0.717, 1.165) is 18.6 Å². The number of nitro benzene ring substituents is 1. The molecule has 138 valence electrons. The van der Waals surface area contributed by atoms with Gasteiger partial charge >= 0.3 is 0 Å². The van der Waals surface area contributed by atoms with Crippen LogP contribution in [0, 0.1) is 10.1 Å². The Kier molecular flexibility index (Phi) is 6.45. The van der Waals surface area contributed by atoms with Crippen molar-refractivity contribution >= 4 is 21.6 Å². The third-order valence-electron chi connectivity index (χ3n) is 4.09.